The summed E-state index contributed by atoms with van der Waals surface area (Å²) in [5, 5.41) is 0. The molecule has 4 saturated carbocycles. The van der Waals surface area contributed by atoms with Crippen LogP contribution in [0.25, 0.3) is 0 Å². The minimum atomic E-state index is -0.826. The van der Waals surface area contributed by atoms with E-state index in [1.165, 1.54) is 103 Å². The topological polar surface area (TPSA) is 0 Å². The number of benzene rings is 2. The van der Waals surface area contributed by atoms with E-state index in [0.29, 0.717) is 34.5 Å². The summed E-state index contributed by atoms with van der Waals surface area (Å²) in [6.45, 7) is 8.00. The van der Waals surface area contributed by atoms with Gasteiger partial charge in [-0.05, 0) is 152 Å². The number of hydrogen-bond acceptors (Lipinski definition) is 0. The van der Waals surface area contributed by atoms with Gasteiger partial charge < -0.3 is 27.7 Å². The molecule has 64 heavy (non-hydrogen) atoms. The number of fused-ring (bicyclic) bond motifs is 4. The molecular formula is C58H76Cl4Zr2. The van der Waals surface area contributed by atoms with Crippen molar-refractivity contribution >= 4 is 34.1 Å². The second-order valence-corrected chi connectivity index (χ2v) is 27.0. The van der Waals surface area contributed by atoms with E-state index in [1.807, 2.05) is 0 Å². The molecule has 6 heteroatoms. The quantitative estimate of drug-likeness (QED) is 0.164. The fourth-order valence-corrected chi connectivity index (χ4v) is 15.0. The van der Waals surface area contributed by atoms with Crippen molar-refractivity contribution in [3.63, 3.8) is 0 Å². The summed E-state index contributed by atoms with van der Waals surface area (Å²) in [5.41, 5.74) is 7.48. The molecule has 10 rings (SSSR count). The Morgan fingerprint density at radius 3 is 1.75 bits per heavy atom. The van der Waals surface area contributed by atoms with E-state index in [4.69, 9.17) is 34.1 Å². The number of halogens is 4. The summed E-state index contributed by atoms with van der Waals surface area (Å²) in [7, 11) is 19.7. The molecule has 2 aromatic carbocycles. The Balaban J connectivity index is 0.000000209. The van der Waals surface area contributed by atoms with Gasteiger partial charge in [-0.25, -0.2) is 0 Å². The normalized spacial score (nSPS) is 33.5. The summed E-state index contributed by atoms with van der Waals surface area (Å²) in [6, 6.07) is 19.0. The summed E-state index contributed by atoms with van der Waals surface area (Å²) in [4.78, 5) is 0. The standard InChI is InChI=1S/2C28H35.2CH3.4ClH.2Zr/c2*1-2-3-11-22-20-27(25-17-8-7-16-24(22)25)28(23-14-5-6-15-23)19-10-13-21-12-4-9-18-26(21)28;;;;;;;;/h2,4,7-9,12,16-18,20,22-25,27H,1,3,5-6,10-11,13-15,19H2;2,4,7-9,12,14,16-18,22-25,27H,1,3,5-6,10-11,13,15,19-20H2;2*1H3;4*1H;;/q4*-1;;;;;2*+4/p-4/t22?,24?,25?,27?,28-;22?,23?,24?,25?,27?,28-;;;;;;;;/m01......../s1. The van der Waals surface area contributed by atoms with Crippen molar-refractivity contribution in [2.45, 2.75) is 126 Å². The maximum atomic E-state index is 4.93. The number of aryl methyl sites for hydroxylation is 2. The first-order valence-electron chi connectivity index (χ1n) is 24.2. The van der Waals surface area contributed by atoms with Gasteiger partial charge in [0, 0.05) is 0 Å². The molecule has 0 amide bonds. The average Bonchev–Trinajstić information content (AvgIpc) is 4.16. The van der Waals surface area contributed by atoms with Crippen LogP contribution in [0.5, 0.6) is 0 Å². The van der Waals surface area contributed by atoms with E-state index in [1.54, 1.807) is 22.3 Å². The zero-order chi connectivity index (χ0) is 43.4. The van der Waals surface area contributed by atoms with Crippen LogP contribution in [-0.2, 0) is 65.4 Å². The van der Waals surface area contributed by atoms with E-state index in [-0.39, 0.29) is 14.9 Å². The summed E-state index contributed by atoms with van der Waals surface area (Å²) < 4.78 is 0. The van der Waals surface area contributed by atoms with Gasteiger partial charge in [0.15, 0.2) is 0 Å². The van der Waals surface area contributed by atoms with Crippen LogP contribution in [0.2, 0.25) is 0 Å². The van der Waals surface area contributed by atoms with Gasteiger partial charge in [-0.2, -0.15) is 18.3 Å². The minimum absolute atomic E-state index is 0. The molecule has 2 aromatic rings. The molecular weight excluding hydrogens is 1020 g/mol. The first-order chi connectivity index (χ1) is 30.5. The van der Waals surface area contributed by atoms with Crippen LogP contribution >= 0.6 is 34.1 Å². The summed E-state index contributed by atoms with van der Waals surface area (Å²) >= 11 is -1.65. The van der Waals surface area contributed by atoms with Crippen molar-refractivity contribution in [1.82, 2.24) is 0 Å². The SMILES string of the molecule is C=CCCC1CC([C@@]2(C3[CH-]CCC3)CCCc3ccccc32)C2C=CC=CC12.C=CCCC1[CH-]C([C@]2(C3CCCC3)CCCc3ccccc32)C2C=CC=CC12.[CH3-].[CH3-].[Cl][Zr+2][Cl].[Cl][Zr+2][Cl]. The number of rotatable bonds is 10. The molecule has 9 unspecified atom stereocenters. The molecule has 4 fully saturated rings. The third-order valence-electron chi connectivity index (χ3n) is 17.1. The van der Waals surface area contributed by atoms with Gasteiger partial charge in [0.2, 0.25) is 0 Å². The molecule has 0 saturated heterocycles. The van der Waals surface area contributed by atoms with Crippen molar-refractivity contribution in [2.75, 3.05) is 0 Å². The molecule has 0 N–H and O–H groups in total. The zero-order valence-electron chi connectivity index (χ0n) is 39.0. The molecule has 8 aliphatic rings. The second kappa shape index (κ2) is 27.3. The fraction of sp³-hybridized carbons (Fsp3) is 0.517. The molecule has 8 aliphatic carbocycles. The van der Waals surface area contributed by atoms with Gasteiger partial charge in [-0.3, -0.25) is 0 Å². The van der Waals surface area contributed by atoms with E-state index in [2.05, 4.69) is 135 Å². The maximum absolute atomic E-state index is 4.93. The van der Waals surface area contributed by atoms with Crippen molar-refractivity contribution in [2.24, 2.45) is 59.2 Å². The van der Waals surface area contributed by atoms with Crippen LogP contribution in [0.15, 0.2) is 122 Å². The summed E-state index contributed by atoms with van der Waals surface area (Å²) in [5.74, 6) is 7.50. The van der Waals surface area contributed by atoms with Crippen molar-refractivity contribution in [3.05, 3.63) is 172 Å². The third kappa shape index (κ3) is 11.7. The monoisotopic (exact) mass is 1090 g/mol. The van der Waals surface area contributed by atoms with Crippen molar-refractivity contribution in [3.8, 4) is 0 Å². The van der Waals surface area contributed by atoms with Crippen LogP contribution in [0.4, 0.5) is 0 Å². The molecule has 0 radical (unpaired) electrons. The number of hydrogen-bond donors (Lipinski definition) is 0. The zero-order valence-corrected chi connectivity index (χ0v) is 46.9. The molecule has 11 atom stereocenters. The van der Waals surface area contributed by atoms with Gasteiger partial charge in [0.25, 0.3) is 0 Å². The Labute approximate surface area is 429 Å². The molecule has 0 spiro atoms. The van der Waals surface area contributed by atoms with E-state index >= 15 is 0 Å². The van der Waals surface area contributed by atoms with Crippen LogP contribution in [0, 0.1) is 86.9 Å². The van der Waals surface area contributed by atoms with Crippen LogP contribution in [0.3, 0.4) is 0 Å². The molecule has 0 aliphatic heterocycles. The predicted octanol–water partition coefficient (Wildman–Crippen LogP) is 18.1. The van der Waals surface area contributed by atoms with Crippen molar-refractivity contribution in [1.29, 1.82) is 0 Å². The fourth-order valence-electron chi connectivity index (χ4n) is 15.0. The Morgan fingerprint density at radius 1 is 0.625 bits per heavy atom. The van der Waals surface area contributed by atoms with E-state index < -0.39 is 41.7 Å². The Morgan fingerprint density at radius 2 is 1.16 bits per heavy atom. The molecule has 0 aromatic heterocycles. The average molecular weight is 1100 g/mol. The van der Waals surface area contributed by atoms with E-state index in [0.717, 1.165) is 48.3 Å². The first kappa shape index (κ1) is 54.7. The second-order valence-electron chi connectivity index (χ2n) is 19.6. The van der Waals surface area contributed by atoms with Crippen molar-refractivity contribution < 1.29 is 41.7 Å². The van der Waals surface area contributed by atoms with Crippen LogP contribution in [-0.4, -0.2) is 0 Å². The Kier molecular flexibility index (Phi) is 23.3. The van der Waals surface area contributed by atoms with Crippen LogP contribution in [0.1, 0.15) is 125 Å². The van der Waals surface area contributed by atoms with Gasteiger partial charge in [-0.1, -0.05) is 141 Å². The number of allylic oxidation sites excluding steroid dienone is 10. The molecule has 0 bridgehead atoms. The summed E-state index contributed by atoms with van der Waals surface area (Å²) in [6.07, 6.45) is 53.5. The first-order valence-corrected chi connectivity index (χ1v) is 36.9. The third-order valence-corrected chi connectivity index (χ3v) is 17.1. The van der Waals surface area contributed by atoms with E-state index in [9.17, 15) is 0 Å². The Bertz CT molecular complexity index is 1720. The molecule has 0 nitrogen and oxygen atoms in total. The van der Waals surface area contributed by atoms with Crippen LogP contribution < -0.4 is 0 Å². The van der Waals surface area contributed by atoms with Gasteiger partial charge in [0.1, 0.15) is 0 Å². The van der Waals surface area contributed by atoms with Gasteiger partial charge >= 0.3 is 75.7 Å². The predicted molar refractivity (Wildman–Crippen MR) is 274 cm³/mol. The molecule has 0 heterocycles. The Hall–Kier alpha value is -0.194. The van der Waals surface area contributed by atoms with Gasteiger partial charge in [0.05, 0.1) is 0 Å². The van der Waals surface area contributed by atoms with Gasteiger partial charge in [-0.15, -0.1) is 19.1 Å². The molecule has 344 valence electrons.